The first-order valence-corrected chi connectivity index (χ1v) is 4.76. The molecular weight excluding hydrogens is 183 g/mol. The molecule has 5 heteroatoms. The zero-order valence-electron chi connectivity index (χ0n) is 8.13. The molecule has 1 aliphatic heterocycles. The number of rotatable bonds is 2. The Morgan fingerprint density at radius 3 is 2.79 bits per heavy atom. The Labute approximate surface area is 82.2 Å². The van der Waals surface area contributed by atoms with E-state index in [1.165, 1.54) is 6.20 Å². The van der Waals surface area contributed by atoms with Crippen LogP contribution in [-0.2, 0) is 0 Å². The fourth-order valence-electron chi connectivity index (χ4n) is 1.63. The van der Waals surface area contributed by atoms with Crippen LogP contribution in [0.4, 0.5) is 16.2 Å². The fourth-order valence-corrected chi connectivity index (χ4v) is 1.63. The van der Waals surface area contributed by atoms with Crippen LogP contribution in [0.1, 0.15) is 12.8 Å². The molecule has 1 aliphatic rings. The highest BCUT2D eigenvalue weighted by Crippen LogP contribution is 2.21. The Kier molecular flexibility index (Phi) is 2.47. The quantitative estimate of drug-likeness (QED) is 0.773. The van der Waals surface area contributed by atoms with E-state index in [2.05, 4.69) is 15.3 Å². The average Bonchev–Trinajstić information content (AvgIpc) is 2.71. The Hall–Kier alpha value is -1.39. The maximum absolute atomic E-state index is 13.4. The van der Waals surface area contributed by atoms with Gasteiger partial charge in [0.25, 0.3) is 0 Å². The van der Waals surface area contributed by atoms with Gasteiger partial charge in [0.05, 0.1) is 6.20 Å². The van der Waals surface area contributed by atoms with Crippen molar-refractivity contribution in [2.75, 3.05) is 30.4 Å². The van der Waals surface area contributed by atoms with E-state index in [9.17, 15) is 4.39 Å². The van der Waals surface area contributed by atoms with E-state index in [4.69, 9.17) is 0 Å². The third-order valence-corrected chi connectivity index (χ3v) is 2.35. The van der Waals surface area contributed by atoms with E-state index in [0.717, 1.165) is 25.9 Å². The summed E-state index contributed by atoms with van der Waals surface area (Å²) >= 11 is 0. The van der Waals surface area contributed by atoms with Gasteiger partial charge in [0.15, 0.2) is 11.6 Å². The highest BCUT2D eigenvalue weighted by molar-refractivity contribution is 5.44. The highest BCUT2D eigenvalue weighted by atomic mass is 19.1. The second-order valence-electron chi connectivity index (χ2n) is 3.31. The molecule has 14 heavy (non-hydrogen) atoms. The second kappa shape index (κ2) is 3.77. The number of hydrogen-bond acceptors (Lipinski definition) is 4. The van der Waals surface area contributed by atoms with Crippen molar-refractivity contribution in [3.8, 4) is 0 Å². The van der Waals surface area contributed by atoms with Gasteiger partial charge in [-0.25, -0.2) is 9.37 Å². The minimum Gasteiger partial charge on any atom is -0.357 e. The van der Waals surface area contributed by atoms with Crippen molar-refractivity contribution in [3.05, 3.63) is 12.0 Å². The summed E-state index contributed by atoms with van der Waals surface area (Å²) in [6.45, 7) is 1.77. The van der Waals surface area contributed by atoms with Gasteiger partial charge in [-0.2, -0.15) is 4.98 Å². The lowest BCUT2D eigenvalue weighted by atomic mass is 10.4. The summed E-state index contributed by atoms with van der Waals surface area (Å²) in [5.41, 5.74) is 0. The molecular formula is C9H13FN4. The molecule has 2 rings (SSSR count). The van der Waals surface area contributed by atoms with Crippen LogP contribution in [-0.4, -0.2) is 30.1 Å². The molecule has 0 spiro atoms. The Morgan fingerprint density at radius 2 is 2.14 bits per heavy atom. The van der Waals surface area contributed by atoms with Gasteiger partial charge in [-0.15, -0.1) is 0 Å². The van der Waals surface area contributed by atoms with Crippen LogP contribution in [0.15, 0.2) is 6.20 Å². The molecule has 0 bridgehead atoms. The molecule has 1 N–H and O–H groups in total. The van der Waals surface area contributed by atoms with Crippen molar-refractivity contribution >= 4 is 11.8 Å². The molecule has 0 radical (unpaired) electrons. The van der Waals surface area contributed by atoms with Crippen LogP contribution in [0.5, 0.6) is 0 Å². The zero-order chi connectivity index (χ0) is 9.97. The summed E-state index contributed by atoms with van der Waals surface area (Å²) in [4.78, 5) is 9.86. The summed E-state index contributed by atoms with van der Waals surface area (Å²) in [6.07, 6.45) is 3.43. The van der Waals surface area contributed by atoms with Gasteiger partial charge in [0.1, 0.15) is 0 Å². The highest BCUT2D eigenvalue weighted by Gasteiger charge is 2.18. The van der Waals surface area contributed by atoms with Crippen molar-refractivity contribution in [2.45, 2.75) is 12.8 Å². The van der Waals surface area contributed by atoms with Crippen LogP contribution in [0.3, 0.4) is 0 Å². The molecule has 76 valence electrons. The molecule has 2 heterocycles. The van der Waals surface area contributed by atoms with Crippen molar-refractivity contribution in [2.24, 2.45) is 0 Å². The van der Waals surface area contributed by atoms with Crippen molar-refractivity contribution < 1.29 is 4.39 Å². The third kappa shape index (κ3) is 1.62. The monoisotopic (exact) mass is 196 g/mol. The molecule has 0 amide bonds. The number of halogens is 1. The van der Waals surface area contributed by atoms with E-state index < -0.39 is 0 Å². The first-order valence-electron chi connectivity index (χ1n) is 4.76. The summed E-state index contributed by atoms with van der Waals surface area (Å²) in [5.74, 6) is 0.543. The van der Waals surface area contributed by atoms with Crippen LogP contribution >= 0.6 is 0 Å². The molecule has 0 aromatic carbocycles. The minimum absolute atomic E-state index is 0.342. The molecule has 0 atom stereocenters. The maximum Gasteiger partial charge on any atom is 0.224 e. The minimum atomic E-state index is -0.342. The maximum atomic E-state index is 13.4. The Morgan fingerprint density at radius 1 is 1.43 bits per heavy atom. The van der Waals surface area contributed by atoms with E-state index in [1.54, 1.807) is 7.05 Å². The molecule has 1 aromatic rings. The van der Waals surface area contributed by atoms with Gasteiger partial charge in [0.2, 0.25) is 5.95 Å². The molecule has 4 nitrogen and oxygen atoms in total. The first kappa shape index (κ1) is 9.18. The van der Waals surface area contributed by atoms with Crippen LogP contribution < -0.4 is 10.2 Å². The van der Waals surface area contributed by atoms with Crippen molar-refractivity contribution in [1.29, 1.82) is 0 Å². The van der Waals surface area contributed by atoms with Gasteiger partial charge in [0, 0.05) is 20.1 Å². The summed E-state index contributed by atoms with van der Waals surface area (Å²) in [5, 5.41) is 2.80. The van der Waals surface area contributed by atoms with Gasteiger partial charge < -0.3 is 10.2 Å². The second-order valence-corrected chi connectivity index (χ2v) is 3.31. The van der Waals surface area contributed by atoms with Crippen LogP contribution in [0.25, 0.3) is 0 Å². The van der Waals surface area contributed by atoms with Crippen LogP contribution in [0.2, 0.25) is 0 Å². The Balaban J connectivity index is 2.29. The van der Waals surface area contributed by atoms with E-state index in [0.29, 0.717) is 11.8 Å². The standard InChI is InChI=1S/C9H13FN4/c1-11-9-12-6-7(10)8(13-9)14-4-2-3-5-14/h6H,2-5H2,1H3,(H,11,12,13). The molecule has 1 fully saturated rings. The molecule has 0 unspecified atom stereocenters. The molecule has 0 saturated carbocycles. The normalized spacial score (nSPS) is 16.0. The van der Waals surface area contributed by atoms with Gasteiger partial charge >= 0.3 is 0 Å². The molecule has 1 saturated heterocycles. The largest absolute Gasteiger partial charge is 0.357 e. The van der Waals surface area contributed by atoms with Gasteiger partial charge in [-0.05, 0) is 12.8 Å². The topological polar surface area (TPSA) is 41.1 Å². The predicted molar refractivity (Wildman–Crippen MR) is 53.0 cm³/mol. The van der Waals surface area contributed by atoms with Crippen LogP contribution in [0, 0.1) is 5.82 Å². The van der Waals surface area contributed by atoms with E-state index in [-0.39, 0.29) is 5.82 Å². The van der Waals surface area contributed by atoms with E-state index >= 15 is 0 Å². The SMILES string of the molecule is CNc1ncc(F)c(N2CCCC2)n1. The smallest absolute Gasteiger partial charge is 0.224 e. The molecule has 0 aliphatic carbocycles. The lowest BCUT2D eigenvalue weighted by Gasteiger charge is -2.16. The number of aromatic nitrogens is 2. The fraction of sp³-hybridized carbons (Fsp3) is 0.556. The lowest BCUT2D eigenvalue weighted by Crippen LogP contribution is -2.21. The summed E-state index contributed by atoms with van der Waals surface area (Å²) in [7, 11) is 1.72. The van der Waals surface area contributed by atoms with Crippen molar-refractivity contribution in [1.82, 2.24) is 9.97 Å². The third-order valence-electron chi connectivity index (χ3n) is 2.35. The number of hydrogen-bond donors (Lipinski definition) is 1. The zero-order valence-corrected chi connectivity index (χ0v) is 8.13. The first-order chi connectivity index (χ1) is 6.81. The van der Waals surface area contributed by atoms with Gasteiger partial charge in [-0.1, -0.05) is 0 Å². The number of nitrogens with one attached hydrogen (secondary N) is 1. The summed E-state index contributed by atoms with van der Waals surface area (Å²) < 4.78 is 13.4. The summed E-state index contributed by atoms with van der Waals surface area (Å²) in [6, 6.07) is 0. The van der Waals surface area contributed by atoms with Crippen molar-refractivity contribution in [3.63, 3.8) is 0 Å². The Bertz CT molecular complexity index is 323. The number of nitrogens with zero attached hydrogens (tertiary/aromatic N) is 3. The average molecular weight is 196 g/mol. The number of anilines is 2. The van der Waals surface area contributed by atoms with Gasteiger partial charge in [-0.3, -0.25) is 0 Å². The molecule has 1 aromatic heterocycles. The lowest BCUT2D eigenvalue weighted by molar-refractivity contribution is 0.609. The predicted octanol–water partition coefficient (Wildman–Crippen LogP) is 1.26. The van der Waals surface area contributed by atoms with E-state index in [1.807, 2.05) is 4.90 Å².